The Morgan fingerprint density at radius 1 is 1.16 bits per heavy atom. The van der Waals surface area contributed by atoms with Gasteiger partial charge in [-0.15, -0.1) is 0 Å². The molecule has 1 aromatic heterocycles. The van der Waals surface area contributed by atoms with Crippen molar-refractivity contribution in [1.82, 2.24) is 5.32 Å². The van der Waals surface area contributed by atoms with E-state index in [1.54, 1.807) is 12.3 Å². The summed E-state index contributed by atoms with van der Waals surface area (Å²) in [6, 6.07) is 1.78. The third-order valence-electron chi connectivity index (χ3n) is 5.61. The number of aliphatic hydroxyl groups excluding tert-OH is 1. The van der Waals surface area contributed by atoms with Crippen LogP contribution in [0.25, 0.3) is 0 Å². The number of ether oxygens (including phenoxy) is 1. The van der Waals surface area contributed by atoms with Crippen LogP contribution in [0.5, 0.6) is 0 Å². The van der Waals surface area contributed by atoms with Crippen LogP contribution in [0.2, 0.25) is 0 Å². The first-order chi connectivity index (χ1) is 12.2. The van der Waals surface area contributed by atoms with Gasteiger partial charge in [-0.1, -0.05) is 32.1 Å². The van der Waals surface area contributed by atoms with Crippen LogP contribution in [-0.2, 0) is 4.74 Å². The first-order valence-corrected chi connectivity index (χ1v) is 9.86. The van der Waals surface area contributed by atoms with Gasteiger partial charge in [-0.05, 0) is 43.2 Å². The van der Waals surface area contributed by atoms with E-state index in [4.69, 9.17) is 9.15 Å². The highest BCUT2D eigenvalue weighted by Gasteiger charge is 2.26. The number of hydrogen-bond donors (Lipinski definition) is 2. The first-order valence-electron chi connectivity index (χ1n) is 9.86. The molecule has 5 nitrogen and oxygen atoms in total. The second-order valence-corrected chi connectivity index (χ2v) is 7.54. The van der Waals surface area contributed by atoms with Crippen molar-refractivity contribution in [3.05, 3.63) is 23.7 Å². The van der Waals surface area contributed by atoms with Gasteiger partial charge in [0.05, 0.1) is 19.0 Å². The van der Waals surface area contributed by atoms with E-state index in [-0.39, 0.29) is 17.9 Å². The normalized spacial score (nSPS) is 25.0. The lowest BCUT2D eigenvalue weighted by atomic mass is 9.83. The van der Waals surface area contributed by atoms with E-state index < -0.39 is 0 Å². The van der Waals surface area contributed by atoms with E-state index in [9.17, 15) is 9.90 Å². The van der Waals surface area contributed by atoms with E-state index in [2.05, 4.69) is 5.32 Å². The number of furan rings is 1. The van der Waals surface area contributed by atoms with Gasteiger partial charge in [-0.25, -0.2) is 0 Å². The van der Waals surface area contributed by atoms with E-state index in [0.717, 1.165) is 37.9 Å². The van der Waals surface area contributed by atoms with Crippen LogP contribution in [0, 0.1) is 5.92 Å². The predicted octanol–water partition coefficient (Wildman–Crippen LogP) is 3.62. The van der Waals surface area contributed by atoms with Gasteiger partial charge in [0.25, 0.3) is 5.91 Å². The fourth-order valence-corrected chi connectivity index (χ4v) is 4.09. The minimum Gasteiger partial charge on any atom is -0.459 e. The highest BCUT2D eigenvalue weighted by molar-refractivity contribution is 5.91. The zero-order valence-corrected chi connectivity index (χ0v) is 15.0. The summed E-state index contributed by atoms with van der Waals surface area (Å²) in [7, 11) is 0. The summed E-state index contributed by atoms with van der Waals surface area (Å²) in [5, 5.41) is 13.0. The van der Waals surface area contributed by atoms with Gasteiger partial charge >= 0.3 is 0 Å². The lowest BCUT2D eigenvalue weighted by Gasteiger charge is -2.26. The molecule has 5 heteroatoms. The van der Waals surface area contributed by atoms with Gasteiger partial charge in [0, 0.05) is 19.1 Å². The molecule has 2 unspecified atom stereocenters. The molecule has 2 atom stereocenters. The average molecular weight is 349 g/mol. The third kappa shape index (κ3) is 5.32. The van der Waals surface area contributed by atoms with E-state index in [1.807, 2.05) is 0 Å². The van der Waals surface area contributed by atoms with Crippen molar-refractivity contribution in [1.29, 1.82) is 0 Å². The molecule has 25 heavy (non-hydrogen) atoms. The van der Waals surface area contributed by atoms with Crippen LogP contribution in [-0.4, -0.2) is 36.9 Å². The standard InChI is InChI=1S/C20H31NO4/c22-18-9-5-4-8-17(18)16-12-19(25-14-16)20(23)21-10-11-24-13-15-6-2-1-3-7-15/h12,14-15,17-18,22H,1-11,13H2,(H,21,23). The van der Waals surface area contributed by atoms with Gasteiger partial charge < -0.3 is 19.6 Å². The van der Waals surface area contributed by atoms with Crippen molar-refractivity contribution in [2.45, 2.75) is 69.8 Å². The summed E-state index contributed by atoms with van der Waals surface area (Å²) in [6.07, 6.45) is 11.8. The van der Waals surface area contributed by atoms with Crippen LogP contribution in [0.15, 0.2) is 16.7 Å². The van der Waals surface area contributed by atoms with Crippen LogP contribution in [0.3, 0.4) is 0 Å². The van der Waals surface area contributed by atoms with Crippen molar-refractivity contribution in [2.75, 3.05) is 19.8 Å². The Hall–Kier alpha value is -1.33. The molecule has 0 spiro atoms. The maximum absolute atomic E-state index is 12.2. The number of rotatable bonds is 7. The molecule has 140 valence electrons. The molecule has 1 amide bonds. The van der Waals surface area contributed by atoms with Crippen molar-refractivity contribution in [2.24, 2.45) is 5.92 Å². The van der Waals surface area contributed by atoms with Crippen LogP contribution in [0.4, 0.5) is 0 Å². The Morgan fingerprint density at radius 2 is 1.92 bits per heavy atom. The quantitative estimate of drug-likeness (QED) is 0.738. The average Bonchev–Trinajstić information content (AvgIpc) is 3.12. The van der Waals surface area contributed by atoms with Crippen molar-refractivity contribution < 1.29 is 19.1 Å². The molecule has 2 fully saturated rings. The number of aliphatic hydroxyl groups is 1. The summed E-state index contributed by atoms with van der Waals surface area (Å²) < 4.78 is 11.1. The number of nitrogens with one attached hydrogen (secondary N) is 1. The topological polar surface area (TPSA) is 71.7 Å². The molecule has 1 aromatic rings. The lowest BCUT2D eigenvalue weighted by Crippen LogP contribution is -2.28. The molecule has 0 bridgehead atoms. The molecule has 2 aliphatic carbocycles. The minimum absolute atomic E-state index is 0.0953. The second-order valence-electron chi connectivity index (χ2n) is 7.54. The minimum atomic E-state index is -0.324. The fraction of sp³-hybridized carbons (Fsp3) is 0.750. The van der Waals surface area contributed by atoms with E-state index >= 15 is 0 Å². The Bertz CT molecular complexity index is 536. The Balaban J connectivity index is 1.36. The molecular weight excluding hydrogens is 318 g/mol. The fourth-order valence-electron chi connectivity index (χ4n) is 4.09. The zero-order valence-electron chi connectivity index (χ0n) is 15.0. The molecule has 1 heterocycles. The smallest absolute Gasteiger partial charge is 0.287 e. The lowest BCUT2D eigenvalue weighted by molar-refractivity contribution is 0.0783. The molecule has 2 saturated carbocycles. The van der Waals surface area contributed by atoms with E-state index in [0.29, 0.717) is 24.8 Å². The highest BCUT2D eigenvalue weighted by Crippen LogP contribution is 2.33. The first kappa shape index (κ1) is 18.5. The molecule has 3 rings (SSSR count). The molecule has 0 saturated heterocycles. The molecule has 0 radical (unpaired) electrons. The molecule has 0 aliphatic heterocycles. The molecule has 0 aromatic carbocycles. The maximum Gasteiger partial charge on any atom is 0.287 e. The third-order valence-corrected chi connectivity index (χ3v) is 5.61. The Kier molecular flexibility index (Phi) is 6.93. The van der Waals surface area contributed by atoms with Crippen LogP contribution in [0.1, 0.15) is 79.8 Å². The maximum atomic E-state index is 12.2. The van der Waals surface area contributed by atoms with Crippen LogP contribution >= 0.6 is 0 Å². The van der Waals surface area contributed by atoms with Gasteiger partial charge in [0.2, 0.25) is 0 Å². The van der Waals surface area contributed by atoms with Crippen molar-refractivity contribution >= 4 is 5.91 Å². The van der Waals surface area contributed by atoms with Gasteiger partial charge in [-0.3, -0.25) is 4.79 Å². The van der Waals surface area contributed by atoms with Crippen molar-refractivity contribution in [3.8, 4) is 0 Å². The van der Waals surface area contributed by atoms with Crippen LogP contribution < -0.4 is 5.32 Å². The Labute approximate surface area is 150 Å². The Morgan fingerprint density at radius 3 is 2.72 bits per heavy atom. The van der Waals surface area contributed by atoms with Gasteiger partial charge in [0.1, 0.15) is 0 Å². The van der Waals surface area contributed by atoms with Crippen molar-refractivity contribution in [3.63, 3.8) is 0 Å². The molecule has 2 aliphatic rings. The number of hydrogen-bond acceptors (Lipinski definition) is 4. The highest BCUT2D eigenvalue weighted by atomic mass is 16.5. The summed E-state index contributed by atoms with van der Waals surface area (Å²) >= 11 is 0. The molecular formula is C20H31NO4. The van der Waals surface area contributed by atoms with Gasteiger partial charge in [-0.2, -0.15) is 0 Å². The zero-order chi connectivity index (χ0) is 17.5. The van der Waals surface area contributed by atoms with Gasteiger partial charge in [0.15, 0.2) is 5.76 Å². The second kappa shape index (κ2) is 9.39. The van der Waals surface area contributed by atoms with E-state index in [1.165, 1.54) is 32.1 Å². The summed E-state index contributed by atoms with van der Waals surface area (Å²) in [5.41, 5.74) is 0.936. The molecule has 2 N–H and O–H groups in total. The largest absolute Gasteiger partial charge is 0.459 e. The monoisotopic (exact) mass is 349 g/mol. The number of carbonyl (C=O) groups excluding carboxylic acids is 1. The summed E-state index contributed by atoms with van der Waals surface area (Å²) in [4.78, 5) is 12.2. The number of amides is 1. The summed E-state index contributed by atoms with van der Waals surface area (Å²) in [5.74, 6) is 0.898. The summed E-state index contributed by atoms with van der Waals surface area (Å²) in [6.45, 7) is 1.84. The SMILES string of the molecule is O=C(NCCOCC1CCCCC1)c1cc(C2CCCCC2O)co1. The predicted molar refractivity (Wildman–Crippen MR) is 95.7 cm³/mol. The number of carbonyl (C=O) groups is 1.